The Morgan fingerprint density at radius 3 is 2.70 bits per heavy atom. The molecule has 1 fully saturated rings. The van der Waals surface area contributed by atoms with E-state index < -0.39 is 5.60 Å². The van der Waals surface area contributed by atoms with E-state index in [-0.39, 0.29) is 12.1 Å². The molecule has 6 heteroatoms. The first kappa shape index (κ1) is 23.8. The molecule has 1 heterocycles. The molecule has 1 aliphatic heterocycles. The van der Waals surface area contributed by atoms with Crippen molar-refractivity contribution < 1.29 is 9.53 Å². The van der Waals surface area contributed by atoms with Crippen molar-refractivity contribution in [3.63, 3.8) is 0 Å². The number of amides is 1. The monoisotopic (exact) mass is 412 g/mol. The molecule has 2 N–H and O–H groups in total. The Morgan fingerprint density at radius 2 is 2.10 bits per heavy atom. The number of ether oxygens (including phenoxy) is 1. The van der Waals surface area contributed by atoms with Gasteiger partial charge in [0.1, 0.15) is 5.60 Å². The third kappa shape index (κ3) is 8.08. The van der Waals surface area contributed by atoms with Crippen LogP contribution in [-0.2, 0) is 4.74 Å². The van der Waals surface area contributed by atoms with E-state index in [1.54, 1.807) is 6.20 Å². The number of nitrogens with zero attached hydrogens (tertiary/aromatic N) is 2. The maximum atomic E-state index is 12.0. The molecule has 0 spiro atoms. The number of piperidine rings is 1. The lowest BCUT2D eigenvalue weighted by atomic mass is 9.95. The van der Waals surface area contributed by atoms with Gasteiger partial charge in [0.2, 0.25) is 0 Å². The van der Waals surface area contributed by atoms with Crippen molar-refractivity contribution in [3.05, 3.63) is 35.8 Å². The number of allylic oxidation sites excluding steroid dienone is 3. The first-order chi connectivity index (χ1) is 14.2. The molecule has 0 aromatic carbocycles. The minimum Gasteiger partial charge on any atom is -0.444 e. The maximum Gasteiger partial charge on any atom is 0.407 e. The highest BCUT2D eigenvalue weighted by Crippen LogP contribution is 2.28. The predicted molar refractivity (Wildman–Crippen MR) is 123 cm³/mol. The van der Waals surface area contributed by atoms with Crippen molar-refractivity contribution in [2.24, 2.45) is 10.9 Å². The van der Waals surface area contributed by atoms with Gasteiger partial charge in [-0.1, -0.05) is 18.1 Å². The number of aliphatic imine (C=N–C) groups is 1. The topological polar surface area (TPSA) is 66.0 Å². The van der Waals surface area contributed by atoms with Gasteiger partial charge in [-0.3, -0.25) is 0 Å². The van der Waals surface area contributed by atoms with Crippen LogP contribution in [0.2, 0.25) is 0 Å². The van der Waals surface area contributed by atoms with Crippen molar-refractivity contribution in [2.45, 2.75) is 65.0 Å². The molecular weight excluding hydrogens is 376 g/mol. The number of hydrogen-bond acceptors (Lipinski definition) is 5. The Balaban J connectivity index is 1.91. The molecule has 1 saturated heterocycles. The lowest BCUT2D eigenvalue weighted by Gasteiger charge is -2.35. The molecule has 6 nitrogen and oxygen atoms in total. The van der Waals surface area contributed by atoms with Crippen LogP contribution < -0.4 is 10.6 Å². The van der Waals surface area contributed by atoms with Gasteiger partial charge in [-0.05, 0) is 71.6 Å². The van der Waals surface area contributed by atoms with Crippen LogP contribution in [-0.4, -0.2) is 48.5 Å². The van der Waals surface area contributed by atoms with Crippen LogP contribution in [0, 0.1) is 18.3 Å². The lowest BCUT2D eigenvalue weighted by Crippen LogP contribution is -2.47. The van der Waals surface area contributed by atoms with Gasteiger partial charge < -0.3 is 20.3 Å². The van der Waals surface area contributed by atoms with Crippen molar-refractivity contribution in [1.82, 2.24) is 15.5 Å². The quantitative estimate of drug-likeness (QED) is 0.512. The first-order valence-corrected chi connectivity index (χ1v) is 10.7. The number of carbonyl (C=O) groups excluding carboxylic acids is 1. The second-order valence-corrected chi connectivity index (χ2v) is 9.12. The fraction of sp³-hybridized carbons (Fsp3) is 0.583. The van der Waals surface area contributed by atoms with Crippen molar-refractivity contribution >= 4 is 12.3 Å². The summed E-state index contributed by atoms with van der Waals surface area (Å²) in [5.41, 5.74) is 2.77. The second-order valence-electron chi connectivity index (χ2n) is 9.12. The average molecular weight is 413 g/mol. The first-order valence-electron chi connectivity index (χ1n) is 10.7. The Labute approximate surface area is 181 Å². The Hall–Kier alpha value is -2.52. The molecule has 1 unspecified atom stereocenters. The average Bonchev–Trinajstić information content (AvgIpc) is 2.78. The summed E-state index contributed by atoms with van der Waals surface area (Å²) in [6.07, 6.45) is 14.1. The van der Waals surface area contributed by atoms with Crippen molar-refractivity contribution in [3.8, 4) is 12.3 Å². The normalized spacial score (nSPS) is 21.6. The highest BCUT2D eigenvalue weighted by atomic mass is 16.6. The van der Waals surface area contributed by atoms with E-state index in [4.69, 9.17) is 11.2 Å². The molecule has 2 rings (SSSR count). The molecule has 30 heavy (non-hydrogen) atoms. The number of likely N-dealkylation sites (tertiary alicyclic amines) is 1. The summed E-state index contributed by atoms with van der Waals surface area (Å²) >= 11 is 0. The largest absolute Gasteiger partial charge is 0.444 e. The van der Waals surface area contributed by atoms with Crippen LogP contribution in [0.15, 0.2) is 40.8 Å². The molecule has 164 valence electrons. The zero-order valence-corrected chi connectivity index (χ0v) is 18.8. The summed E-state index contributed by atoms with van der Waals surface area (Å²) in [5.74, 6) is 2.95. The van der Waals surface area contributed by atoms with Crippen LogP contribution in [0.3, 0.4) is 0 Å². The zero-order chi connectivity index (χ0) is 22.1. The van der Waals surface area contributed by atoms with Gasteiger partial charge in [0, 0.05) is 31.4 Å². The summed E-state index contributed by atoms with van der Waals surface area (Å²) in [7, 11) is 0. The third-order valence-corrected chi connectivity index (χ3v) is 5.18. The molecule has 1 amide bonds. The number of carbonyl (C=O) groups is 1. The summed E-state index contributed by atoms with van der Waals surface area (Å²) in [5, 5.41) is 6.26. The SMILES string of the molecule is C#CC=NC1=C(NC=C)CC(CN2CCC(NC(=O)OC(C)(C)C)CC2)CC(C)=C1. The van der Waals surface area contributed by atoms with Gasteiger partial charge in [0.05, 0.1) is 11.9 Å². The molecule has 0 saturated carbocycles. The van der Waals surface area contributed by atoms with Crippen LogP contribution in [0.5, 0.6) is 0 Å². The van der Waals surface area contributed by atoms with E-state index >= 15 is 0 Å². The van der Waals surface area contributed by atoms with Crippen LogP contribution in [0.25, 0.3) is 0 Å². The molecule has 0 aromatic rings. The Kier molecular flexibility index (Phi) is 8.73. The molecule has 2 aliphatic rings. The van der Waals surface area contributed by atoms with Gasteiger partial charge >= 0.3 is 6.09 Å². The smallest absolute Gasteiger partial charge is 0.407 e. The van der Waals surface area contributed by atoms with Gasteiger partial charge in [-0.15, -0.1) is 6.42 Å². The number of rotatable bonds is 6. The number of alkyl carbamates (subject to hydrolysis) is 1. The molecule has 0 radical (unpaired) electrons. The van der Waals surface area contributed by atoms with Gasteiger partial charge in [0.25, 0.3) is 0 Å². The molecular formula is C24H36N4O2. The number of hydrogen-bond donors (Lipinski definition) is 2. The summed E-state index contributed by atoms with van der Waals surface area (Å²) < 4.78 is 5.37. The highest BCUT2D eigenvalue weighted by Gasteiger charge is 2.26. The second kappa shape index (κ2) is 11.0. The van der Waals surface area contributed by atoms with Crippen LogP contribution in [0.1, 0.15) is 53.4 Å². The zero-order valence-electron chi connectivity index (χ0n) is 18.8. The predicted octanol–water partition coefficient (Wildman–Crippen LogP) is 3.98. The fourth-order valence-electron chi connectivity index (χ4n) is 4.01. The summed E-state index contributed by atoms with van der Waals surface area (Å²) in [6, 6.07) is 0.175. The minimum atomic E-state index is -0.469. The molecule has 1 atom stereocenters. The Morgan fingerprint density at radius 1 is 1.40 bits per heavy atom. The molecule has 0 bridgehead atoms. The highest BCUT2D eigenvalue weighted by molar-refractivity contribution is 5.78. The van der Waals surface area contributed by atoms with Crippen LogP contribution >= 0.6 is 0 Å². The van der Waals surface area contributed by atoms with Crippen LogP contribution in [0.4, 0.5) is 4.79 Å². The van der Waals surface area contributed by atoms with Crippen molar-refractivity contribution in [1.29, 1.82) is 0 Å². The van der Waals surface area contributed by atoms with E-state index in [1.807, 2.05) is 20.8 Å². The van der Waals surface area contributed by atoms with E-state index in [0.717, 1.165) is 56.7 Å². The third-order valence-electron chi connectivity index (χ3n) is 5.18. The van der Waals surface area contributed by atoms with Gasteiger partial charge in [-0.25, -0.2) is 9.79 Å². The van der Waals surface area contributed by atoms with E-state index in [2.05, 4.69) is 46.0 Å². The number of terminal acetylenes is 1. The Bertz CT molecular complexity index is 744. The van der Waals surface area contributed by atoms with Crippen molar-refractivity contribution in [2.75, 3.05) is 19.6 Å². The maximum absolute atomic E-state index is 12.0. The standard InChI is InChI=1S/C24H36N4O2/c1-7-11-26-21-15-18(3)14-19(16-22(21)25-8-2)17-28-12-9-20(10-13-28)27-23(29)30-24(4,5)6/h1,8,11,15,19-20,25H,2,9-10,12-14,16-17H2,3-6H3,(H,27,29). The molecule has 0 aromatic heterocycles. The van der Waals surface area contributed by atoms with E-state index in [9.17, 15) is 4.79 Å². The number of nitrogens with one attached hydrogen (secondary N) is 2. The minimum absolute atomic E-state index is 0.175. The van der Waals surface area contributed by atoms with Gasteiger partial charge in [0.15, 0.2) is 0 Å². The summed E-state index contributed by atoms with van der Waals surface area (Å²) in [4.78, 5) is 18.9. The molecule has 1 aliphatic carbocycles. The van der Waals surface area contributed by atoms with E-state index in [0.29, 0.717) is 5.92 Å². The van der Waals surface area contributed by atoms with E-state index in [1.165, 1.54) is 11.8 Å². The lowest BCUT2D eigenvalue weighted by molar-refractivity contribution is 0.0475. The summed E-state index contributed by atoms with van der Waals surface area (Å²) in [6.45, 7) is 14.5. The fourth-order valence-corrected chi connectivity index (χ4v) is 4.01. The van der Waals surface area contributed by atoms with Gasteiger partial charge in [-0.2, -0.15) is 0 Å².